The molecule has 6 heteroatoms. The highest BCUT2D eigenvalue weighted by Crippen LogP contribution is 2.27. The molecule has 0 saturated heterocycles. The number of hydrogen-bond donors (Lipinski definition) is 2. The molecule has 1 aliphatic rings. The van der Waals surface area contributed by atoms with Crippen molar-refractivity contribution in [1.29, 1.82) is 0 Å². The summed E-state index contributed by atoms with van der Waals surface area (Å²) in [5.41, 5.74) is 0.858. The van der Waals surface area contributed by atoms with E-state index in [2.05, 4.69) is 39.7 Å². The smallest absolute Gasteiger partial charge is 0.191 e. The van der Waals surface area contributed by atoms with E-state index in [-0.39, 0.29) is 0 Å². The quantitative estimate of drug-likeness (QED) is 0.654. The van der Waals surface area contributed by atoms with Gasteiger partial charge in [-0.2, -0.15) is 0 Å². The second-order valence-electron chi connectivity index (χ2n) is 6.76. The first-order valence-corrected chi connectivity index (χ1v) is 9.07. The Morgan fingerprint density at radius 2 is 2.21 bits per heavy atom. The van der Waals surface area contributed by atoms with Gasteiger partial charge in [0.1, 0.15) is 6.54 Å². The molecular formula is C18H28N6. The summed E-state index contributed by atoms with van der Waals surface area (Å²) in [6, 6.07) is 5.90. The van der Waals surface area contributed by atoms with Gasteiger partial charge in [0.2, 0.25) is 0 Å². The van der Waals surface area contributed by atoms with Crippen LogP contribution in [0, 0.1) is 11.8 Å². The minimum atomic E-state index is 0.515. The van der Waals surface area contributed by atoms with Crippen molar-refractivity contribution >= 4 is 11.6 Å². The monoisotopic (exact) mass is 328 g/mol. The minimum Gasteiger partial charge on any atom is -0.357 e. The van der Waals surface area contributed by atoms with Gasteiger partial charge in [-0.3, -0.25) is 4.40 Å². The zero-order chi connectivity index (χ0) is 16.8. The summed E-state index contributed by atoms with van der Waals surface area (Å²) in [4.78, 5) is 4.68. The second-order valence-corrected chi connectivity index (χ2v) is 6.76. The molecule has 2 N–H and O–H groups in total. The first-order chi connectivity index (χ1) is 11.8. The molecule has 2 aromatic rings. The third-order valence-electron chi connectivity index (χ3n) is 4.71. The van der Waals surface area contributed by atoms with Crippen molar-refractivity contribution in [1.82, 2.24) is 25.2 Å². The Kier molecular flexibility index (Phi) is 5.67. The predicted octanol–water partition coefficient (Wildman–Crippen LogP) is 2.61. The maximum Gasteiger partial charge on any atom is 0.191 e. The third-order valence-corrected chi connectivity index (χ3v) is 4.71. The summed E-state index contributed by atoms with van der Waals surface area (Å²) in [6.45, 7) is 6.82. The zero-order valence-electron chi connectivity index (χ0n) is 14.7. The van der Waals surface area contributed by atoms with Gasteiger partial charge in [0.25, 0.3) is 0 Å². The summed E-state index contributed by atoms with van der Waals surface area (Å²) < 4.78 is 1.98. The highest BCUT2D eigenvalue weighted by Gasteiger charge is 2.18. The molecule has 130 valence electrons. The maximum atomic E-state index is 4.68. The van der Waals surface area contributed by atoms with E-state index in [4.69, 9.17) is 0 Å². The molecular weight excluding hydrogens is 300 g/mol. The van der Waals surface area contributed by atoms with Crippen molar-refractivity contribution in [2.75, 3.05) is 13.1 Å². The number of aliphatic imine (C=N–C) groups is 1. The van der Waals surface area contributed by atoms with E-state index in [1.807, 2.05) is 28.8 Å². The van der Waals surface area contributed by atoms with E-state index < -0.39 is 0 Å². The van der Waals surface area contributed by atoms with Crippen LogP contribution in [0.15, 0.2) is 29.4 Å². The average Bonchev–Trinajstić information content (AvgIpc) is 3.01. The number of rotatable bonds is 5. The van der Waals surface area contributed by atoms with Gasteiger partial charge in [-0.15, -0.1) is 10.2 Å². The van der Waals surface area contributed by atoms with Crippen LogP contribution in [0.5, 0.6) is 0 Å². The van der Waals surface area contributed by atoms with E-state index >= 15 is 0 Å². The Morgan fingerprint density at radius 1 is 1.29 bits per heavy atom. The normalized spacial score (nSPS) is 21.8. The Balaban J connectivity index is 1.60. The van der Waals surface area contributed by atoms with Gasteiger partial charge in [0, 0.05) is 19.3 Å². The molecule has 2 heterocycles. The fourth-order valence-electron chi connectivity index (χ4n) is 3.48. The van der Waals surface area contributed by atoms with Gasteiger partial charge in [-0.1, -0.05) is 25.8 Å². The molecule has 2 atom stereocenters. The largest absolute Gasteiger partial charge is 0.357 e. The number of nitrogens with zero attached hydrogens (tertiary/aromatic N) is 4. The topological polar surface area (TPSA) is 66.6 Å². The molecule has 0 aromatic carbocycles. The number of guanidine groups is 1. The lowest BCUT2D eigenvalue weighted by Crippen LogP contribution is -2.40. The van der Waals surface area contributed by atoms with Gasteiger partial charge in [0.05, 0.1) is 0 Å². The van der Waals surface area contributed by atoms with Gasteiger partial charge in [-0.25, -0.2) is 4.99 Å². The van der Waals surface area contributed by atoms with Crippen molar-refractivity contribution in [3.05, 3.63) is 30.2 Å². The number of aromatic nitrogens is 3. The van der Waals surface area contributed by atoms with Gasteiger partial charge in [-0.05, 0) is 43.7 Å². The highest BCUT2D eigenvalue weighted by atomic mass is 15.3. The zero-order valence-corrected chi connectivity index (χ0v) is 14.7. The minimum absolute atomic E-state index is 0.515. The number of fused-ring (bicyclic) bond motifs is 1. The Hall–Kier alpha value is -2.11. The number of hydrogen-bond acceptors (Lipinski definition) is 3. The average molecular weight is 328 g/mol. The molecule has 2 unspecified atom stereocenters. The Bertz CT molecular complexity index is 677. The van der Waals surface area contributed by atoms with Gasteiger partial charge >= 0.3 is 0 Å². The van der Waals surface area contributed by atoms with Crippen LogP contribution in [0.2, 0.25) is 0 Å². The highest BCUT2D eigenvalue weighted by molar-refractivity contribution is 5.79. The lowest BCUT2D eigenvalue weighted by atomic mass is 9.82. The summed E-state index contributed by atoms with van der Waals surface area (Å²) >= 11 is 0. The van der Waals surface area contributed by atoms with Crippen LogP contribution in [-0.4, -0.2) is 33.6 Å². The molecule has 0 spiro atoms. The van der Waals surface area contributed by atoms with E-state index in [1.165, 1.54) is 25.7 Å². The van der Waals surface area contributed by atoms with E-state index in [1.54, 1.807) is 0 Å². The van der Waals surface area contributed by atoms with Crippen molar-refractivity contribution in [3.8, 4) is 0 Å². The molecule has 24 heavy (non-hydrogen) atoms. The first kappa shape index (κ1) is 16.7. The summed E-state index contributed by atoms with van der Waals surface area (Å²) in [5.74, 6) is 3.33. The predicted molar refractivity (Wildman–Crippen MR) is 96.9 cm³/mol. The van der Waals surface area contributed by atoms with Gasteiger partial charge < -0.3 is 10.6 Å². The van der Waals surface area contributed by atoms with Crippen LogP contribution in [0.3, 0.4) is 0 Å². The standard InChI is InChI=1S/C18H28N6/c1-3-19-18(20-12-15-8-6-7-14(2)11-15)21-13-17-23-22-16-9-4-5-10-24(16)17/h4-5,9-10,14-15H,3,6-8,11-13H2,1-2H3,(H2,19,20,21). The van der Waals surface area contributed by atoms with E-state index in [0.717, 1.165) is 42.4 Å². The fourth-order valence-corrected chi connectivity index (χ4v) is 3.48. The molecule has 6 nitrogen and oxygen atoms in total. The lowest BCUT2D eigenvalue weighted by molar-refractivity contribution is 0.282. The van der Waals surface area contributed by atoms with Crippen LogP contribution in [-0.2, 0) is 6.54 Å². The van der Waals surface area contributed by atoms with Crippen molar-refractivity contribution in [3.63, 3.8) is 0 Å². The number of nitrogens with one attached hydrogen (secondary N) is 2. The van der Waals surface area contributed by atoms with Crippen LogP contribution in [0.1, 0.15) is 45.4 Å². The summed E-state index contributed by atoms with van der Waals surface area (Å²) in [6.07, 6.45) is 7.36. The lowest BCUT2D eigenvalue weighted by Gasteiger charge is -2.27. The summed E-state index contributed by atoms with van der Waals surface area (Å²) in [5, 5.41) is 15.2. The molecule has 1 fully saturated rings. The van der Waals surface area contributed by atoms with Crippen LogP contribution >= 0.6 is 0 Å². The molecule has 1 saturated carbocycles. The SMILES string of the molecule is CCNC(=NCc1nnc2ccccn12)NCC1CCCC(C)C1. The first-order valence-electron chi connectivity index (χ1n) is 9.07. The van der Waals surface area contributed by atoms with Crippen molar-refractivity contribution in [2.45, 2.75) is 46.1 Å². The molecule has 0 bridgehead atoms. The van der Waals surface area contributed by atoms with Crippen molar-refractivity contribution in [2.24, 2.45) is 16.8 Å². The number of pyridine rings is 1. The Morgan fingerprint density at radius 3 is 3.04 bits per heavy atom. The van der Waals surface area contributed by atoms with E-state index in [9.17, 15) is 0 Å². The van der Waals surface area contributed by atoms with E-state index in [0.29, 0.717) is 6.54 Å². The molecule has 0 amide bonds. The third kappa shape index (κ3) is 4.24. The second kappa shape index (κ2) is 8.13. The molecule has 0 radical (unpaired) electrons. The molecule has 1 aliphatic carbocycles. The fraction of sp³-hybridized carbons (Fsp3) is 0.611. The summed E-state index contributed by atoms with van der Waals surface area (Å²) in [7, 11) is 0. The Labute approximate surface area is 143 Å². The molecule has 0 aliphatic heterocycles. The van der Waals surface area contributed by atoms with Crippen LogP contribution in [0.25, 0.3) is 5.65 Å². The van der Waals surface area contributed by atoms with Crippen LogP contribution in [0.4, 0.5) is 0 Å². The van der Waals surface area contributed by atoms with Crippen LogP contribution < -0.4 is 10.6 Å². The van der Waals surface area contributed by atoms with Gasteiger partial charge in [0.15, 0.2) is 17.4 Å². The maximum absolute atomic E-state index is 4.68. The van der Waals surface area contributed by atoms with Crippen molar-refractivity contribution < 1.29 is 0 Å². The molecule has 3 rings (SSSR count). The molecule has 2 aromatic heterocycles.